The van der Waals surface area contributed by atoms with Gasteiger partial charge in [0.2, 0.25) is 5.91 Å². The van der Waals surface area contributed by atoms with Gasteiger partial charge in [-0.05, 0) is 12.3 Å². The molecule has 1 aliphatic rings. The molecule has 3 heteroatoms. The molecule has 0 saturated carbocycles. The Hall–Kier alpha value is -0.570. The van der Waals surface area contributed by atoms with E-state index in [9.17, 15) is 4.79 Å². The fraction of sp³-hybridized carbons (Fsp3) is 0.875. The minimum Gasteiger partial charge on any atom is -0.394 e. The van der Waals surface area contributed by atoms with E-state index in [1.165, 1.54) is 0 Å². The van der Waals surface area contributed by atoms with Gasteiger partial charge in [0, 0.05) is 5.92 Å². The number of aliphatic hydroxyl groups excluding tert-OH is 1. The predicted octanol–water partition coefficient (Wildman–Crippen LogP) is 0.139. The molecule has 0 aromatic rings. The maximum absolute atomic E-state index is 11.2. The molecular formula is C8H15NO2. The summed E-state index contributed by atoms with van der Waals surface area (Å²) in [5.41, 5.74) is 0. The minimum atomic E-state index is -0.00472. The lowest BCUT2D eigenvalue weighted by Gasteiger charge is -2.09. The fourth-order valence-electron chi connectivity index (χ4n) is 1.48. The first-order valence-electron chi connectivity index (χ1n) is 4.06. The molecule has 11 heavy (non-hydrogen) atoms. The Balaban J connectivity index is 2.52. The lowest BCUT2D eigenvalue weighted by molar-refractivity contribution is -0.123. The summed E-state index contributed by atoms with van der Waals surface area (Å²) in [4.78, 5) is 11.2. The van der Waals surface area contributed by atoms with Crippen molar-refractivity contribution in [1.82, 2.24) is 5.32 Å². The summed E-state index contributed by atoms with van der Waals surface area (Å²) in [6.07, 6.45) is 0.785. The first-order chi connectivity index (χ1) is 5.15. The van der Waals surface area contributed by atoms with E-state index >= 15 is 0 Å². The second kappa shape index (κ2) is 3.22. The van der Waals surface area contributed by atoms with Gasteiger partial charge in [-0.1, -0.05) is 13.8 Å². The molecule has 1 heterocycles. The summed E-state index contributed by atoms with van der Waals surface area (Å²) >= 11 is 0. The minimum absolute atomic E-state index is 0.00472. The van der Waals surface area contributed by atoms with Crippen LogP contribution in [-0.4, -0.2) is 23.7 Å². The van der Waals surface area contributed by atoms with Crippen molar-refractivity contribution in [1.29, 1.82) is 0 Å². The molecule has 0 aromatic carbocycles. The Morgan fingerprint density at radius 3 is 2.64 bits per heavy atom. The third kappa shape index (κ3) is 1.71. The van der Waals surface area contributed by atoms with E-state index in [1.807, 2.05) is 13.8 Å². The lowest BCUT2D eigenvalue weighted by Crippen LogP contribution is -2.29. The van der Waals surface area contributed by atoms with Crippen LogP contribution in [0.3, 0.4) is 0 Å². The number of aliphatic hydroxyl groups is 1. The largest absolute Gasteiger partial charge is 0.394 e. The van der Waals surface area contributed by atoms with Crippen LogP contribution in [0.15, 0.2) is 0 Å². The monoisotopic (exact) mass is 157 g/mol. The zero-order valence-corrected chi connectivity index (χ0v) is 7.00. The van der Waals surface area contributed by atoms with Gasteiger partial charge < -0.3 is 10.4 Å². The average Bonchev–Trinajstić information content (AvgIpc) is 2.30. The first kappa shape index (κ1) is 8.53. The molecular weight excluding hydrogens is 142 g/mol. The van der Waals surface area contributed by atoms with E-state index in [4.69, 9.17) is 5.11 Å². The summed E-state index contributed by atoms with van der Waals surface area (Å²) < 4.78 is 0. The smallest absolute Gasteiger partial charge is 0.223 e. The van der Waals surface area contributed by atoms with E-state index in [0.717, 1.165) is 6.42 Å². The van der Waals surface area contributed by atoms with E-state index in [1.54, 1.807) is 0 Å². The molecule has 0 aliphatic carbocycles. The number of hydrogen-bond acceptors (Lipinski definition) is 2. The van der Waals surface area contributed by atoms with Gasteiger partial charge in [0.05, 0.1) is 12.6 Å². The lowest BCUT2D eigenvalue weighted by atomic mass is 9.93. The topological polar surface area (TPSA) is 49.3 Å². The number of carbonyl (C=O) groups excluding carboxylic acids is 1. The second-order valence-corrected chi connectivity index (χ2v) is 3.47. The van der Waals surface area contributed by atoms with Crippen molar-refractivity contribution in [3.63, 3.8) is 0 Å². The molecule has 2 unspecified atom stereocenters. The van der Waals surface area contributed by atoms with Crippen LogP contribution >= 0.6 is 0 Å². The van der Waals surface area contributed by atoms with E-state index in [0.29, 0.717) is 5.92 Å². The maximum Gasteiger partial charge on any atom is 0.223 e. The van der Waals surface area contributed by atoms with Crippen molar-refractivity contribution in [3.05, 3.63) is 0 Å². The predicted molar refractivity (Wildman–Crippen MR) is 42.0 cm³/mol. The van der Waals surface area contributed by atoms with Crippen LogP contribution in [0.1, 0.15) is 20.3 Å². The van der Waals surface area contributed by atoms with Gasteiger partial charge in [-0.3, -0.25) is 4.79 Å². The van der Waals surface area contributed by atoms with Crippen LogP contribution in [0.5, 0.6) is 0 Å². The van der Waals surface area contributed by atoms with Crippen molar-refractivity contribution in [2.45, 2.75) is 26.3 Å². The molecule has 1 saturated heterocycles. The Kier molecular flexibility index (Phi) is 2.49. The van der Waals surface area contributed by atoms with Crippen LogP contribution in [0.25, 0.3) is 0 Å². The van der Waals surface area contributed by atoms with Gasteiger partial charge >= 0.3 is 0 Å². The Morgan fingerprint density at radius 1 is 1.73 bits per heavy atom. The van der Waals surface area contributed by atoms with E-state index in [-0.39, 0.29) is 24.5 Å². The molecule has 0 spiro atoms. The number of rotatable bonds is 2. The second-order valence-electron chi connectivity index (χ2n) is 3.47. The normalized spacial score (nSPS) is 31.1. The zero-order chi connectivity index (χ0) is 8.43. The van der Waals surface area contributed by atoms with Crippen molar-refractivity contribution in [2.75, 3.05) is 6.61 Å². The first-order valence-corrected chi connectivity index (χ1v) is 4.06. The van der Waals surface area contributed by atoms with Crippen molar-refractivity contribution >= 4 is 5.91 Å². The maximum atomic E-state index is 11.2. The molecule has 0 radical (unpaired) electrons. The summed E-state index contributed by atoms with van der Waals surface area (Å²) in [7, 11) is 0. The number of carbonyl (C=O) groups is 1. The third-order valence-electron chi connectivity index (χ3n) is 2.25. The molecule has 1 rings (SSSR count). The van der Waals surface area contributed by atoms with Gasteiger partial charge in [0.25, 0.3) is 0 Å². The van der Waals surface area contributed by atoms with Crippen LogP contribution < -0.4 is 5.32 Å². The standard InChI is InChI=1S/C8H15NO2/c1-5(2)7-3-6(4-10)9-8(7)11/h5-7,10H,3-4H2,1-2H3,(H,9,11). The average molecular weight is 157 g/mol. The molecule has 2 atom stereocenters. The van der Waals surface area contributed by atoms with Gasteiger partial charge in [-0.25, -0.2) is 0 Å². The molecule has 0 bridgehead atoms. The summed E-state index contributed by atoms with van der Waals surface area (Å²) in [5, 5.41) is 11.5. The highest BCUT2D eigenvalue weighted by Gasteiger charge is 2.33. The Labute approximate surface area is 66.8 Å². The highest BCUT2D eigenvalue weighted by Crippen LogP contribution is 2.22. The number of nitrogens with one attached hydrogen (secondary N) is 1. The number of hydrogen-bond donors (Lipinski definition) is 2. The van der Waals surface area contributed by atoms with Crippen molar-refractivity contribution < 1.29 is 9.90 Å². The summed E-state index contributed by atoms with van der Waals surface area (Å²) in [5.74, 6) is 0.581. The fourth-order valence-corrected chi connectivity index (χ4v) is 1.48. The van der Waals surface area contributed by atoms with Crippen LogP contribution in [0, 0.1) is 11.8 Å². The van der Waals surface area contributed by atoms with Crippen molar-refractivity contribution in [3.8, 4) is 0 Å². The Morgan fingerprint density at radius 2 is 2.36 bits per heavy atom. The third-order valence-corrected chi connectivity index (χ3v) is 2.25. The molecule has 1 amide bonds. The van der Waals surface area contributed by atoms with Gasteiger partial charge in [0.1, 0.15) is 0 Å². The summed E-state index contributed by atoms with van der Waals surface area (Å²) in [6.45, 7) is 4.13. The Bertz CT molecular complexity index is 156. The molecule has 0 aromatic heterocycles. The summed E-state index contributed by atoms with van der Waals surface area (Å²) in [6, 6.07) is -0.00472. The zero-order valence-electron chi connectivity index (χ0n) is 7.00. The molecule has 2 N–H and O–H groups in total. The van der Waals surface area contributed by atoms with Gasteiger partial charge in [-0.2, -0.15) is 0 Å². The van der Waals surface area contributed by atoms with Crippen LogP contribution in [0.4, 0.5) is 0 Å². The molecule has 3 nitrogen and oxygen atoms in total. The van der Waals surface area contributed by atoms with Gasteiger partial charge in [0.15, 0.2) is 0 Å². The molecule has 64 valence electrons. The molecule has 1 aliphatic heterocycles. The quantitative estimate of drug-likeness (QED) is 0.599. The van der Waals surface area contributed by atoms with Gasteiger partial charge in [-0.15, -0.1) is 0 Å². The van der Waals surface area contributed by atoms with Crippen LogP contribution in [-0.2, 0) is 4.79 Å². The van der Waals surface area contributed by atoms with Crippen LogP contribution in [0.2, 0.25) is 0 Å². The number of amides is 1. The van der Waals surface area contributed by atoms with E-state index < -0.39 is 0 Å². The SMILES string of the molecule is CC(C)C1CC(CO)NC1=O. The highest BCUT2D eigenvalue weighted by molar-refractivity contribution is 5.81. The molecule has 1 fully saturated rings. The van der Waals surface area contributed by atoms with Crippen molar-refractivity contribution in [2.24, 2.45) is 11.8 Å². The highest BCUT2D eigenvalue weighted by atomic mass is 16.3. The van der Waals surface area contributed by atoms with E-state index in [2.05, 4.69) is 5.32 Å².